The van der Waals surface area contributed by atoms with Crippen LogP contribution in [0.3, 0.4) is 0 Å². The van der Waals surface area contributed by atoms with Crippen molar-refractivity contribution in [3.63, 3.8) is 0 Å². The minimum absolute atomic E-state index is 0.0791. The van der Waals surface area contributed by atoms with E-state index in [-0.39, 0.29) is 36.0 Å². The third-order valence-corrected chi connectivity index (χ3v) is 2.49. The maximum Gasteiger partial charge on any atom is 0.338 e. The summed E-state index contributed by atoms with van der Waals surface area (Å²) < 4.78 is 0. The second-order valence-corrected chi connectivity index (χ2v) is 4.08. The second-order valence-electron chi connectivity index (χ2n) is 4.08. The smallest absolute Gasteiger partial charge is 0.338 e. The van der Waals surface area contributed by atoms with Gasteiger partial charge < -0.3 is 15.7 Å². The summed E-state index contributed by atoms with van der Waals surface area (Å²) in [6.07, 6.45) is 0.0899. The average molecular weight is 264 g/mol. The first-order valence-corrected chi connectivity index (χ1v) is 5.79. The van der Waals surface area contributed by atoms with Gasteiger partial charge in [0.25, 0.3) is 0 Å². The molecule has 0 radical (unpaired) electrons. The van der Waals surface area contributed by atoms with Crippen LogP contribution in [0.25, 0.3) is 0 Å². The Labute approximate surface area is 110 Å². The Balaban J connectivity index is 2.72. The molecule has 0 aliphatic carbocycles. The third kappa shape index (κ3) is 4.42. The first-order chi connectivity index (χ1) is 8.91. The van der Waals surface area contributed by atoms with Gasteiger partial charge >= 0.3 is 5.97 Å². The fourth-order valence-electron chi connectivity index (χ4n) is 1.62. The van der Waals surface area contributed by atoms with Crippen molar-refractivity contribution in [2.24, 2.45) is 0 Å². The van der Waals surface area contributed by atoms with Crippen molar-refractivity contribution in [1.82, 2.24) is 5.32 Å². The molecular formula is C13H16N2O4. The number of rotatable bonds is 5. The van der Waals surface area contributed by atoms with Gasteiger partial charge in [-0.2, -0.15) is 0 Å². The van der Waals surface area contributed by atoms with E-state index in [1.54, 1.807) is 19.1 Å². The summed E-state index contributed by atoms with van der Waals surface area (Å²) in [4.78, 5) is 33.4. The number of amides is 2. The third-order valence-electron chi connectivity index (χ3n) is 2.49. The average Bonchev–Trinajstić information content (AvgIpc) is 2.27. The van der Waals surface area contributed by atoms with E-state index in [2.05, 4.69) is 10.6 Å². The van der Waals surface area contributed by atoms with Crippen LogP contribution >= 0.6 is 0 Å². The topological polar surface area (TPSA) is 95.5 Å². The van der Waals surface area contributed by atoms with Crippen LogP contribution < -0.4 is 10.6 Å². The zero-order chi connectivity index (χ0) is 14.4. The van der Waals surface area contributed by atoms with Gasteiger partial charge in [0.2, 0.25) is 11.8 Å². The molecule has 0 aliphatic heterocycles. The molecule has 19 heavy (non-hydrogen) atoms. The molecule has 2 amide bonds. The van der Waals surface area contributed by atoms with Crippen molar-refractivity contribution >= 4 is 23.5 Å². The zero-order valence-corrected chi connectivity index (χ0v) is 10.8. The molecule has 1 aromatic carbocycles. The standard InChI is InChI=1S/C13H16N2O4/c1-8-4-3-5-10(12(8)13(18)19)15-11(17)6-7-14-9(2)16/h3-5H,6-7H2,1-2H3,(H,14,16)(H,15,17)(H,18,19). The van der Waals surface area contributed by atoms with E-state index in [1.807, 2.05) is 0 Å². The largest absolute Gasteiger partial charge is 0.478 e. The van der Waals surface area contributed by atoms with Crippen LogP contribution in [0, 0.1) is 6.92 Å². The molecule has 0 atom stereocenters. The molecule has 0 heterocycles. The lowest BCUT2D eigenvalue weighted by atomic mass is 10.1. The molecule has 0 saturated heterocycles. The number of carbonyl (C=O) groups is 3. The molecule has 6 nitrogen and oxygen atoms in total. The highest BCUT2D eigenvalue weighted by atomic mass is 16.4. The predicted molar refractivity (Wildman–Crippen MR) is 70.1 cm³/mol. The summed E-state index contributed by atoms with van der Waals surface area (Å²) in [5.41, 5.74) is 0.919. The molecule has 0 aromatic heterocycles. The lowest BCUT2D eigenvalue weighted by Crippen LogP contribution is -2.25. The summed E-state index contributed by atoms with van der Waals surface area (Å²) in [5, 5.41) is 14.1. The number of hydrogen-bond acceptors (Lipinski definition) is 3. The fraction of sp³-hybridized carbons (Fsp3) is 0.308. The lowest BCUT2D eigenvalue weighted by Gasteiger charge is -2.10. The van der Waals surface area contributed by atoms with Crippen LogP contribution in [0.4, 0.5) is 5.69 Å². The van der Waals surface area contributed by atoms with Crippen LogP contribution in [0.2, 0.25) is 0 Å². The molecule has 3 N–H and O–H groups in total. The van der Waals surface area contributed by atoms with Crippen LogP contribution in [0.5, 0.6) is 0 Å². The van der Waals surface area contributed by atoms with Gasteiger partial charge in [0.05, 0.1) is 11.3 Å². The number of carbonyl (C=O) groups excluding carboxylic acids is 2. The first-order valence-electron chi connectivity index (χ1n) is 5.79. The number of carboxylic acid groups (broad SMARTS) is 1. The number of benzene rings is 1. The summed E-state index contributed by atoms with van der Waals surface area (Å²) in [6, 6.07) is 4.87. The Bertz CT molecular complexity index is 511. The quantitative estimate of drug-likeness (QED) is 0.743. The van der Waals surface area contributed by atoms with E-state index >= 15 is 0 Å². The van der Waals surface area contributed by atoms with Crippen LogP contribution in [0.1, 0.15) is 29.3 Å². The summed E-state index contributed by atoms with van der Waals surface area (Å²) in [7, 11) is 0. The van der Waals surface area contributed by atoms with Gasteiger partial charge in [-0.3, -0.25) is 9.59 Å². The Morgan fingerprint density at radius 3 is 2.53 bits per heavy atom. The van der Waals surface area contributed by atoms with Crippen molar-refractivity contribution in [3.05, 3.63) is 29.3 Å². The van der Waals surface area contributed by atoms with E-state index in [4.69, 9.17) is 5.11 Å². The molecular weight excluding hydrogens is 248 g/mol. The second kappa shape index (κ2) is 6.53. The molecule has 102 valence electrons. The summed E-state index contributed by atoms with van der Waals surface area (Å²) >= 11 is 0. The number of nitrogens with one attached hydrogen (secondary N) is 2. The molecule has 0 spiro atoms. The van der Waals surface area contributed by atoms with Gasteiger partial charge in [-0.1, -0.05) is 12.1 Å². The van der Waals surface area contributed by atoms with Crippen molar-refractivity contribution in [1.29, 1.82) is 0 Å². The Morgan fingerprint density at radius 1 is 1.26 bits per heavy atom. The fourth-order valence-corrected chi connectivity index (χ4v) is 1.62. The molecule has 1 aromatic rings. The monoisotopic (exact) mass is 264 g/mol. The SMILES string of the molecule is CC(=O)NCCC(=O)Nc1cccc(C)c1C(=O)O. The highest BCUT2D eigenvalue weighted by Gasteiger charge is 2.14. The number of hydrogen-bond donors (Lipinski definition) is 3. The highest BCUT2D eigenvalue weighted by Crippen LogP contribution is 2.19. The molecule has 0 unspecified atom stereocenters. The summed E-state index contributed by atoms with van der Waals surface area (Å²) in [5.74, 6) is -1.65. The van der Waals surface area contributed by atoms with Gasteiger partial charge in [-0.25, -0.2) is 4.79 Å². The molecule has 0 aliphatic rings. The van der Waals surface area contributed by atoms with Gasteiger partial charge in [0, 0.05) is 19.9 Å². The van der Waals surface area contributed by atoms with Gasteiger partial charge in [0.1, 0.15) is 0 Å². The lowest BCUT2D eigenvalue weighted by molar-refractivity contribution is -0.119. The maximum atomic E-state index is 11.6. The maximum absolute atomic E-state index is 11.6. The van der Waals surface area contributed by atoms with Crippen LogP contribution in [-0.2, 0) is 9.59 Å². The van der Waals surface area contributed by atoms with Crippen molar-refractivity contribution < 1.29 is 19.5 Å². The molecule has 6 heteroatoms. The Kier molecular flexibility index (Phi) is 5.05. The van der Waals surface area contributed by atoms with Crippen molar-refractivity contribution in [3.8, 4) is 0 Å². The number of carboxylic acids is 1. The van der Waals surface area contributed by atoms with E-state index in [1.165, 1.54) is 13.0 Å². The number of anilines is 1. The first kappa shape index (κ1) is 14.7. The minimum Gasteiger partial charge on any atom is -0.478 e. The number of aryl methyl sites for hydroxylation is 1. The van der Waals surface area contributed by atoms with E-state index < -0.39 is 5.97 Å². The number of aromatic carboxylic acids is 1. The molecule has 0 saturated carbocycles. The Morgan fingerprint density at radius 2 is 1.95 bits per heavy atom. The van der Waals surface area contributed by atoms with Crippen LogP contribution in [0.15, 0.2) is 18.2 Å². The van der Waals surface area contributed by atoms with Crippen molar-refractivity contribution in [2.45, 2.75) is 20.3 Å². The van der Waals surface area contributed by atoms with E-state index in [0.29, 0.717) is 5.56 Å². The summed E-state index contributed by atoms with van der Waals surface area (Å²) in [6.45, 7) is 3.24. The molecule has 1 rings (SSSR count). The Hall–Kier alpha value is -2.37. The normalized spacial score (nSPS) is 9.79. The highest BCUT2D eigenvalue weighted by molar-refractivity contribution is 6.01. The van der Waals surface area contributed by atoms with Crippen molar-refractivity contribution in [2.75, 3.05) is 11.9 Å². The zero-order valence-electron chi connectivity index (χ0n) is 10.8. The minimum atomic E-state index is -1.09. The van der Waals surface area contributed by atoms with E-state index in [9.17, 15) is 14.4 Å². The molecule has 0 bridgehead atoms. The van der Waals surface area contributed by atoms with E-state index in [0.717, 1.165) is 0 Å². The predicted octanol–water partition coefficient (Wildman–Crippen LogP) is 1.16. The van der Waals surface area contributed by atoms with Crippen LogP contribution in [-0.4, -0.2) is 29.4 Å². The van der Waals surface area contributed by atoms with Gasteiger partial charge in [-0.15, -0.1) is 0 Å². The molecule has 0 fully saturated rings. The van der Waals surface area contributed by atoms with Gasteiger partial charge in [-0.05, 0) is 18.6 Å². The van der Waals surface area contributed by atoms with Gasteiger partial charge in [0.15, 0.2) is 0 Å².